The van der Waals surface area contributed by atoms with Crippen molar-refractivity contribution in [2.24, 2.45) is 0 Å². The number of benzene rings is 2. The lowest BCUT2D eigenvalue weighted by Crippen LogP contribution is -2.13. The van der Waals surface area contributed by atoms with Crippen molar-refractivity contribution in [2.75, 3.05) is 0 Å². The topological polar surface area (TPSA) is 69.1 Å². The maximum Gasteiger partial charge on any atom is 0.433 e. The van der Waals surface area contributed by atoms with Crippen LogP contribution in [0.15, 0.2) is 71.1 Å². The predicted molar refractivity (Wildman–Crippen MR) is 111 cm³/mol. The van der Waals surface area contributed by atoms with Gasteiger partial charge in [-0.1, -0.05) is 54.1 Å². The summed E-state index contributed by atoms with van der Waals surface area (Å²) in [6.45, 7) is 0. The van der Waals surface area contributed by atoms with Gasteiger partial charge in [-0.3, -0.25) is 0 Å². The Hall–Kier alpha value is -3.72. The minimum absolute atomic E-state index is 0.00177. The van der Waals surface area contributed by atoms with Gasteiger partial charge in [-0.25, -0.2) is 9.50 Å². The number of fused-ring (bicyclic) bond motifs is 1. The smallest absolute Gasteiger partial charge is 0.419 e. The number of hydrogen-bond acceptors (Lipinski definition) is 5. The van der Waals surface area contributed by atoms with Crippen LogP contribution >= 0.6 is 11.6 Å². The van der Waals surface area contributed by atoms with Crippen LogP contribution in [0.2, 0.25) is 5.02 Å². The van der Waals surface area contributed by atoms with E-state index in [-0.39, 0.29) is 28.8 Å². The molecule has 6 nitrogen and oxygen atoms in total. The number of rotatable bonds is 4. The molecule has 0 aliphatic carbocycles. The van der Waals surface area contributed by atoms with Crippen LogP contribution < -0.4 is 0 Å². The van der Waals surface area contributed by atoms with E-state index < -0.39 is 11.9 Å². The van der Waals surface area contributed by atoms with Gasteiger partial charge in [0.25, 0.3) is 5.89 Å². The third kappa shape index (κ3) is 3.94. The quantitative estimate of drug-likeness (QED) is 0.347. The number of hydrogen-bond donors (Lipinski definition) is 0. The monoisotopic (exact) mass is 455 g/mol. The molecule has 0 aliphatic rings. The van der Waals surface area contributed by atoms with Crippen LogP contribution in [0.5, 0.6) is 0 Å². The Balaban J connectivity index is 1.55. The summed E-state index contributed by atoms with van der Waals surface area (Å²) in [6, 6.07) is 18.1. The number of alkyl halides is 3. The van der Waals surface area contributed by atoms with Crippen LogP contribution in [0, 0.1) is 0 Å². The van der Waals surface area contributed by atoms with Crippen LogP contribution in [0.25, 0.3) is 28.5 Å². The molecule has 0 bridgehead atoms. The van der Waals surface area contributed by atoms with E-state index in [4.69, 9.17) is 16.0 Å². The molecule has 5 rings (SSSR count). The van der Waals surface area contributed by atoms with Gasteiger partial charge in [0.1, 0.15) is 0 Å². The van der Waals surface area contributed by atoms with Crippen molar-refractivity contribution in [1.29, 1.82) is 0 Å². The SMILES string of the molecule is FC(F)(F)c1cc(-c2ccccc2)nc2cc(-c3nnc(Cc4cccc(Cl)c4)o3)nn12. The maximum atomic E-state index is 13.8. The van der Waals surface area contributed by atoms with Crippen molar-refractivity contribution < 1.29 is 17.6 Å². The molecule has 5 aromatic rings. The third-order valence-corrected chi connectivity index (χ3v) is 4.95. The molecular formula is C22H13ClF3N5O. The molecule has 160 valence electrons. The maximum absolute atomic E-state index is 13.8. The molecule has 0 unspecified atom stereocenters. The fourth-order valence-corrected chi connectivity index (χ4v) is 3.50. The molecule has 32 heavy (non-hydrogen) atoms. The fourth-order valence-electron chi connectivity index (χ4n) is 3.29. The first-order chi connectivity index (χ1) is 15.4. The van der Waals surface area contributed by atoms with Gasteiger partial charge in [0, 0.05) is 16.7 Å². The Morgan fingerprint density at radius 3 is 2.47 bits per heavy atom. The molecule has 3 heterocycles. The average molecular weight is 456 g/mol. The zero-order valence-corrected chi connectivity index (χ0v) is 17.0. The third-order valence-electron chi connectivity index (χ3n) is 4.72. The summed E-state index contributed by atoms with van der Waals surface area (Å²) in [6.07, 6.45) is -4.31. The highest BCUT2D eigenvalue weighted by molar-refractivity contribution is 6.30. The molecular weight excluding hydrogens is 443 g/mol. The lowest BCUT2D eigenvalue weighted by atomic mass is 10.1. The Labute approximate surface area is 184 Å². The summed E-state index contributed by atoms with van der Waals surface area (Å²) in [5, 5.41) is 12.5. The van der Waals surface area contributed by atoms with E-state index in [1.807, 2.05) is 6.07 Å². The molecule has 10 heteroatoms. The predicted octanol–water partition coefficient (Wildman–Crippen LogP) is 5.71. The van der Waals surface area contributed by atoms with Crippen molar-refractivity contribution in [3.05, 3.63) is 88.9 Å². The van der Waals surface area contributed by atoms with Gasteiger partial charge < -0.3 is 4.42 Å². The second-order valence-corrected chi connectivity index (χ2v) is 7.43. The number of halogens is 4. The summed E-state index contributed by atoms with van der Waals surface area (Å²) < 4.78 is 47.6. The van der Waals surface area contributed by atoms with E-state index in [1.165, 1.54) is 6.07 Å². The number of nitrogens with zero attached hydrogens (tertiary/aromatic N) is 5. The minimum Gasteiger partial charge on any atom is -0.419 e. The van der Waals surface area contributed by atoms with E-state index in [0.29, 0.717) is 17.0 Å². The first-order valence-corrected chi connectivity index (χ1v) is 9.85. The first kappa shape index (κ1) is 20.2. The lowest BCUT2D eigenvalue weighted by molar-refractivity contribution is -0.142. The largest absolute Gasteiger partial charge is 0.433 e. The molecule has 0 radical (unpaired) electrons. The molecule has 2 aromatic carbocycles. The van der Waals surface area contributed by atoms with Crippen LogP contribution in [0.1, 0.15) is 17.1 Å². The van der Waals surface area contributed by atoms with Crippen LogP contribution in [0.3, 0.4) is 0 Å². The van der Waals surface area contributed by atoms with Gasteiger partial charge >= 0.3 is 6.18 Å². The van der Waals surface area contributed by atoms with Crippen molar-refractivity contribution in [3.8, 4) is 22.8 Å². The lowest BCUT2D eigenvalue weighted by Gasteiger charge is -2.10. The second kappa shape index (κ2) is 7.76. The normalized spacial score (nSPS) is 11.9. The summed E-state index contributed by atoms with van der Waals surface area (Å²) in [7, 11) is 0. The van der Waals surface area contributed by atoms with Crippen LogP contribution in [-0.2, 0) is 12.6 Å². The zero-order valence-electron chi connectivity index (χ0n) is 16.2. The summed E-state index contributed by atoms with van der Waals surface area (Å²) in [5.41, 5.74) is 0.762. The molecule has 0 saturated carbocycles. The summed E-state index contributed by atoms with van der Waals surface area (Å²) in [5.74, 6) is 0.287. The van der Waals surface area contributed by atoms with Crippen LogP contribution in [-0.4, -0.2) is 24.8 Å². The van der Waals surface area contributed by atoms with E-state index in [1.54, 1.807) is 48.5 Å². The molecule has 0 saturated heterocycles. The minimum atomic E-state index is -4.64. The fraction of sp³-hybridized carbons (Fsp3) is 0.0909. The Kier molecular flexibility index (Phi) is 4.90. The van der Waals surface area contributed by atoms with Gasteiger partial charge in [-0.05, 0) is 23.8 Å². The van der Waals surface area contributed by atoms with E-state index in [0.717, 1.165) is 16.1 Å². The van der Waals surface area contributed by atoms with Crippen molar-refractivity contribution in [1.82, 2.24) is 24.8 Å². The van der Waals surface area contributed by atoms with Crippen LogP contribution in [0.4, 0.5) is 13.2 Å². The summed E-state index contributed by atoms with van der Waals surface area (Å²) >= 11 is 5.99. The molecule has 3 aromatic heterocycles. The molecule has 0 spiro atoms. The van der Waals surface area contributed by atoms with E-state index in [9.17, 15) is 13.2 Å². The molecule has 0 N–H and O–H groups in total. The van der Waals surface area contributed by atoms with Gasteiger partial charge in [0.05, 0.1) is 12.1 Å². The molecule has 0 aliphatic heterocycles. The van der Waals surface area contributed by atoms with Crippen molar-refractivity contribution >= 4 is 17.2 Å². The standard InChI is InChI=1S/C22H13ClF3N5O/c23-15-8-4-5-13(9-15)10-20-28-29-21(32-20)17-12-19-27-16(14-6-2-1-3-7-14)11-18(22(24,25)26)31(19)30-17/h1-9,11-12H,10H2. The number of aromatic nitrogens is 5. The second-order valence-electron chi connectivity index (χ2n) is 7.00. The molecule has 0 atom stereocenters. The van der Waals surface area contributed by atoms with Gasteiger partial charge in [-0.2, -0.15) is 18.3 Å². The van der Waals surface area contributed by atoms with Gasteiger partial charge in [0.15, 0.2) is 17.0 Å². The highest BCUT2D eigenvalue weighted by Crippen LogP contribution is 2.33. The average Bonchev–Trinajstić information content (AvgIpc) is 3.39. The van der Waals surface area contributed by atoms with Gasteiger partial charge in [-0.15, -0.1) is 10.2 Å². The first-order valence-electron chi connectivity index (χ1n) is 9.47. The van der Waals surface area contributed by atoms with E-state index >= 15 is 0 Å². The Morgan fingerprint density at radius 1 is 0.906 bits per heavy atom. The zero-order chi connectivity index (χ0) is 22.3. The Morgan fingerprint density at radius 2 is 1.72 bits per heavy atom. The van der Waals surface area contributed by atoms with Gasteiger partial charge in [0.2, 0.25) is 5.89 Å². The molecule has 0 amide bonds. The molecule has 0 fully saturated rings. The Bertz CT molecular complexity index is 1410. The summed E-state index contributed by atoms with van der Waals surface area (Å²) in [4.78, 5) is 4.35. The van der Waals surface area contributed by atoms with Crippen molar-refractivity contribution in [3.63, 3.8) is 0 Å². The van der Waals surface area contributed by atoms with Crippen molar-refractivity contribution in [2.45, 2.75) is 12.6 Å². The van der Waals surface area contributed by atoms with E-state index in [2.05, 4.69) is 20.3 Å². The highest BCUT2D eigenvalue weighted by Gasteiger charge is 2.35. The highest BCUT2D eigenvalue weighted by atomic mass is 35.5.